The molecule has 3 rings (SSSR count). The summed E-state index contributed by atoms with van der Waals surface area (Å²) in [7, 11) is 2.47. The summed E-state index contributed by atoms with van der Waals surface area (Å²) in [5, 5.41) is 0. The van der Waals surface area contributed by atoms with Gasteiger partial charge in [0.2, 0.25) is 0 Å². The third-order valence-corrected chi connectivity index (χ3v) is 5.09. The predicted molar refractivity (Wildman–Crippen MR) is 100 cm³/mol. The van der Waals surface area contributed by atoms with Crippen molar-refractivity contribution in [2.45, 2.75) is 12.6 Å². The van der Waals surface area contributed by atoms with Crippen molar-refractivity contribution in [3.63, 3.8) is 0 Å². The third-order valence-electron chi connectivity index (χ3n) is 4.14. The summed E-state index contributed by atoms with van der Waals surface area (Å²) < 4.78 is 25.4. The molecule has 0 N–H and O–H groups in total. The van der Waals surface area contributed by atoms with E-state index in [1.165, 1.54) is 0 Å². The van der Waals surface area contributed by atoms with Crippen molar-refractivity contribution < 1.29 is 13.7 Å². The molecule has 25 heavy (non-hydrogen) atoms. The molecule has 1 aliphatic rings. The Morgan fingerprint density at radius 1 is 1.20 bits per heavy atom. The Kier molecular flexibility index (Phi) is 5.55. The van der Waals surface area contributed by atoms with Gasteiger partial charge in [-0.25, -0.2) is 4.21 Å². The zero-order valence-electron chi connectivity index (χ0n) is 14.7. The number of ether oxygens (including phenoxy) is 2. The highest BCUT2D eigenvalue weighted by atomic mass is 32.2. The number of anilines is 2. The van der Waals surface area contributed by atoms with E-state index in [1.807, 2.05) is 47.8 Å². The molecule has 0 bridgehead atoms. The van der Waals surface area contributed by atoms with Crippen molar-refractivity contribution in [2.24, 2.45) is 0 Å². The molecule has 2 atom stereocenters. The van der Waals surface area contributed by atoms with Gasteiger partial charge >= 0.3 is 0 Å². The van der Waals surface area contributed by atoms with Gasteiger partial charge in [0.1, 0.15) is 22.4 Å². The number of pyridine rings is 1. The smallest absolute Gasteiger partial charge is 0.158 e. The van der Waals surface area contributed by atoms with Crippen molar-refractivity contribution >= 4 is 22.4 Å². The number of hydrogen-bond donors (Lipinski definition) is 0. The van der Waals surface area contributed by atoms with Gasteiger partial charge in [-0.1, -0.05) is 12.1 Å². The molecule has 2 unspecified atom stereocenters. The maximum Gasteiger partial charge on any atom is 0.158 e. The summed E-state index contributed by atoms with van der Waals surface area (Å²) in [6.45, 7) is 1.23. The quantitative estimate of drug-likeness (QED) is 0.710. The van der Waals surface area contributed by atoms with Gasteiger partial charge in [-0.15, -0.1) is 0 Å². The van der Waals surface area contributed by atoms with Crippen LogP contribution < -0.4 is 13.9 Å². The highest BCUT2D eigenvalue weighted by Gasteiger charge is 2.39. The van der Waals surface area contributed by atoms with Gasteiger partial charge in [0, 0.05) is 39.6 Å². The Morgan fingerprint density at radius 2 is 2.04 bits per heavy atom. The summed E-state index contributed by atoms with van der Waals surface area (Å²) in [6, 6.07) is 11.6. The highest BCUT2D eigenvalue weighted by molar-refractivity contribution is 7.85. The van der Waals surface area contributed by atoms with Crippen LogP contribution in [-0.2, 0) is 15.7 Å². The first-order valence-electron chi connectivity index (χ1n) is 8.16. The Balaban J connectivity index is 1.96. The summed E-state index contributed by atoms with van der Waals surface area (Å²) in [5.41, 5.74) is 2.68. The zero-order valence-corrected chi connectivity index (χ0v) is 15.5. The standard InChI is InChI=1S/C18H23N3O3S/c1-20-17-15(9-6-10-16(17)24-13-7-12-23-2)21(25(3)22)18(20)14-8-4-5-11-19-14/h4-6,8-11,18H,7,12-13H2,1-3H3. The summed E-state index contributed by atoms with van der Waals surface area (Å²) in [6.07, 6.45) is 4.03. The van der Waals surface area contributed by atoms with Crippen LogP contribution in [0, 0.1) is 0 Å². The van der Waals surface area contributed by atoms with E-state index in [2.05, 4.69) is 9.88 Å². The number of aromatic nitrogens is 1. The van der Waals surface area contributed by atoms with Crippen LogP contribution in [0.2, 0.25) is 0 Å². The van der Waals surface area contributed by atoms with E-state index >= 15 is 0 Å². The second-order valence-electron chi connectivity index (χ2n) is 5.81. The minimum atomic E-state index is -1.19. The number of fused-ring (bicyclic) bond motifs is 1. The fourth-order valence-electron chi connectivity index (χ4n) is 3.08. The Hall–Kier alpha value is -2.12. The van der Waals surface area contributed by atoms with Gasteiger partial charge in [-0.05, 0) is 24.3 Å². The normalized spacial score (nSPS) is 17.5. The Morgan fingerprint density at radius 3 is 2.72 bits per heavy atom. The number of nitrogens with zero attached hydrogens (tertiary/aromatic N) is 3. The fourth-order valence-corrected chi connectivity index (χ4v) is 4.04. The molecule has 1 aromatic heterocycles. The molecule has 134 valence electrons. The lowest BCUT2D eigenvalue weighted by atomic mass is 10.2. The van der Waals surface area contributed by atoms with Crippen LogP contribution in [0.5, 0.6) is 5.75 Å². The van der Waals surface area contributed by atoms with Gasteiger partial charge in [0.05, 0.1) is 18.0 Å². The molecule has 0 saturated carbocycles. The molecular weight excluding hydrogens is 338 g/mol. The molecule has 7 heteroatoms. The van der Waals surface area contributed by atoms with E-state index in [9.17, 15) is 4.21 Å². The summed E-state index contributed by atoms with van der Waals surface area (Å²) in [5.74, 6) is 0.782. The molecule has 0 radical (unpaired) electrons. The molecule has 1 aromatic carbocycles. The van der Waals surface area contributed by atoms with Crippen molar-refractivity contribution in [2.75, 3.05) is 42.8 Å². The SMILES string of the molecule is COCCCOc1cccc2c1N(C)C(c1ccccn1)N2S(C)=O. The molecule has 0 fully saturated rings. The second kappa shape index (κ2) is 7.84. The topological polar surface area (TPSA) is 54.9 Å². The van der Waals surface area contributed by atoms with Gasteiger partial charge in [0.15, 0.2) is 6.17 Å². The van der Waals surface area contributed by atoms with Crippen molar-refractivity contribution in [1.29, 1.82) is 0 Å². The minimum Gasteiger partial charge on any atom is -0.491 e. The van der Waals surface area contributed by atoms with Crippen LogP contribution in [0.3, 0.4) is 0 Å². The van der Waals surface area contributed by atoms with Gasteiger partial charge in [0.25, 0.3) is 0 Å². The lowest BCUT2D eigenvalue weighted by Crippen LogP contribution is -2.34. The van der Waals surface area contributed by atoms with E-state index < -0.39 is 11.0 Å². The fraction of sp³-hybridized carbons (Fsp3) is 0.389. The molecule has 0 spiro atoms. The van der Waals surface area contributed by atoms with Crippen molar-refractivity contribution in [1.82, 2.24) is 4.98 Å². The summed E-state index contributed by atoms with van der Waals surface area (Å²) >= 11 is 0. The average Bonchev–Trinajstić information content (AvgIpc) is 2.93. The first-order valence-corrected chi connectivity index (χ1v) is 9.68. The van der Waals surface area contributed by atoms with Gasteiger partial charge in [-0.3, -0.25) is 9.29 Å². The molecule has 2 aromatic rings. The zero-order chi connectivity index (χ0) is 17.8. The maximum atomic E-state index is 12.5. The highest BCUT2D eigenvalue weighted by Crippen LogP contribution is 2.50. The third kappa shape index (κ3) is 3.48. The van der Waals surface area contributed by atoms with E-state index in [4.69, 9.17) is 9.47 Å². The van der Waals surface area contributed by atoms with Gasteiger partial charge in [-0.2, -0.15) is 0 Å². The lowest BCUT2D eigenvalue weighted by molar-refractivity contribution is 0.172. The molecule has 6 nitrogen and oxygen atoms in total. The molecule has 2 heterocycles. The molecule has 0 saturated heterocycles. The molecule has 0 aliphatic carbocycles. The number of methoxy groups -OCH3 is 1. The van der Waals surface area contributed by atoms with Crippen molar-refractivity contribution in [3.05, 3.63) is 48.3 Å². The Labute approximate surface area is 151 Å². The van der Waals surface area contributed by atoms with E-state index in [0.717, 1.165) is 29.2 Å². The second-order valence-corrected chi connectivity index (χ2v) is 7.05. The van der Waals surface area contributed by atoms with Crippen LogP contribution in [-0.4, -0.2) is 42.8 Å². The molecule has 1 aliphatic heterocycles. The first kappa shape index (κ1) is 17.7. The van der Waals surface area contributed by atoms with E-state index in [1.54, 1.807) is 19.6 Å². The predicted octanol–water partition coefficient (Wildman–Crippen LogP) is 2.75. The van der Waals surface area contributed by atoms with Crippen LogP contribution in [0.25, 0.3) is 0 Å². The van der Waals surface area contributed by atoms with Crippen LogP contribution >= 0.6 is 0 Å². The lowest BCUT2D eigenvalue weighted by Gasteiger charge is -2.28. The van der Waals surface area contributed by atoms with Crippen molar-refractivity contribution in [3.8, 4) is 5.75 Å². The van der Waals surface area contributed by atoms with Crippen LogP contribution in [0.1, 0.15) is 18.3 Å². The Bertz CT molecular complexity index is 742. The minimum absolute atomic E-state index is 0.231. The van der Waals surface area contributed by atoms with Gasteiger partial charge < -0.3 is 14.4 Å². The first-order chi connectivity index (χ1) is 12.1. The molecular formula is C18H23N3O3S. The molecule has 0 amide bonds. The number of hydrogen-bond acceptors (Lipinski definition) is 5. The number of benzene rings is 1. The number of rotatable bonds is 7. The van der Waals surface area contributed by atoms with E-state index in [0.29, 0.717) is 13.2 Å². The number of para-hydroxylation sites is 1. The van der Waals surface area contributed by atoms with Crippen LogP contribution in [0.15, 0.2) is 42.6 Å². The van der Waals surface area contributed by atoms with E-state index in [-0.39, 0.29) is 6.17 Å². The maximum absolute atomic E-state index is 12.5. The largest absolute Gasteiger partial charge is 0.491 e. The van der Waals surface area contributed by atoms with Crippen LogP contribution in [0.4, 0.5) is 11.4 Å². The average molecular weight is 361 g/mol. The monoisotopic (exact) mass is 361 g/mol. The summed E-state index contributed by atoms with van der Waals surface area (Å²) in [4.78, 5) is 6.54.